The van der Waals surface area contributed by atoms with E-state index >= 15 is 0 Å². The summed E-state index contributed by atoms with van der Waals surface area (Å²) < 4.78 is 0. The number of fused-ring (bicyclic) bond motifs is 1. The van der Waals surface area contributed by atoms with Crippen LogP contribution < -0.4 is 11.1 Å². The van der Waals surface area contributed by atoms with Gasteiger partial charge in [0, 0.05) is 37.4 Å². The minimum Gasteiger partial charge on any atom is -0.352 e. The molecule has 7 nitrogen and oxygen atoms in total. The normalized spacial score (nSPS) is 26.6. The summed E-state index contributed by atoms with van der Waals surface area (Å²) in [5.74, 6) is 0.813. The van der Waals surface area contributed by atoms with E-state index in [1.807, 2.05) is 17.0 Å². The minimum atomic E-state index is -0.691. The molecule has 3 N–H and O–H groups in total. The fraction of sp³-hybridized carbons (Fsp3) is 0.591. The lowest BCUT2D eigenvalue weighted by atomic mass is 9.87. The third-order valence-electron chi connectivity index (χ3n) is 6.93. The van der Waals surface area contributed by atoms with Crippen LogP contribution in [0, 0.1) is 24.7 Å². The number of carbonyl (C=O) groups is 3. The van der Waals surface area contributed by atoms with Crippen LogP contribution in [0.3, 0.4) is 0 Å². The van der Waals surface area contributed by atoms with Crippen molar-refractivity contribution in [3.8, 4) is 0 Å². The third kappa shape index (κ3) is 3.82. The molecule has 7 heteroatoms. The lowest BCUT2D eigenvalue weighted by Gasteiger charge is -2.32. The van der Waals surface area contributed by atoms with Crippen molar-refractivity contribution < 1.29 is 14.4 Å². The molecule has 0 unspecified atom stereocenters. The molecule has 2 saturated heterocycles. The van der Waals surface area contributed by atoms with Crippen molar-refractivity contribution in [1.29, 1.82) is 0 Å². The van der Waals surface area contributed by atoms with Crippen LogP contribution in [0.15, 0.2) is 24.3 Å². The highest BCUT2D eigenvalue weighted by Gasteiger charge is 2.51. The van der Waals surface area contributed by atoms with E-state index in [9.17, 15) is 14.4 Å². The Kier molecular flexibility index (Phi) is 5.48. The quantitative estimate of drug-likeness (QED) is 0.810. The van der Waals surface area contributed by atoms with Gasteiger partial charge in [-0.1, -0.05) is 37.1 Å². The molecule has 2 heterocycles. The Morgan fingerprint density at radius 2 is 1.83 bits per heavy atom. The van der Waals surface area contributed by atoms with E-state index in [4.69, 9.17) is 5.73 Å². The maximum absolute atomic E-state index is 13.4. The van der Waals surface area contributed by atoms with E-state index in [-0.39, 0.29) is 36.2 Å². The molecule has 2 aliphatic heterocycles. The molecule has 29 heavy (non-hydrogen) atoms. The Labute approximate surface area is 171 Å². The van der Waals surface area contributed by atoms with Crippen LogP contribution in [0.25, 0.3) is 0 Å². The van der Waals surface area contributed by atoms with Crippen molar-refractivity contribution in [1.82, 2.24) is 15.1 Å². The van der Waals surface area contributed by atoms with Gasteiger partial charge in [0.2, 0.25) is 11.8 Å². The molecule has 156 valence electrons. The van der Waals surface area contributed by atoms with Gasteiger partial charge in [-0.2, -0.15) is 0 Å². The van der Waals surface area contributed by atoms with Crippen molar-refractivity contribution in [2.45, 2.75) is 38.6 Å². The number of carbonyl (C=O) groups excluding carboxylic acids is 3. The van der Waals surface area contributed by atoms with Crippen molar-refractivity contribution in [3.63, 3.8) is 0 Å². The smallest absolute Gasteiger partial charge is 0.312 e. The second-order valence-corrected chi connectivity index (χ2v) is 8.71. The van der Waals surface area contributed by atoms with Gasteiger partial charge in [0.15, 0.2) is 0 Å². The fourth-order valence-electron chi connectivity index (χ4n) is 5.47. The van der Waals surface area contributed by atoms with Crippen LogP contribution in [-0.2, 0) is 9.59 Å². The van der Waals surface area contributed by atoms with E-state index in [1.165, 1.54) is 11.1 Å². The predicted molar refractivity (Wildman–Crippen MR) is 109 cm³/mol. The number of primary amides is 1. The van der Waals surface area contributed by atoms with Crippen LogP contribution in [0.5, 0.6) is 0 Å². The molecule has 4 rings (SSSR count). The van der Waals surface area contributed by atoms with Crippen LogP contribution in [0.2, 0.25) is 0 Å². The van der Waals surface area contributed by atoms with E-state index in [0.29, 0.717) is 25.5 Å². The summed E-state index contributed by atoms with van der Waals surface area (Å²) in [7, 11) is 0. The van der Waals surface area contributed by atoms with Crippen molar-refractivity contribution in [2.24, 2.45) is 23.5 Å². The van der Waals surface area contributed by atoms with Gasteiger partial charge in [0.25, 0.3) is 0 Å². The van der Waals surface area contributed by atoms with E-state index in [2.05, 4.69) is 29.3 Å². The zero-order valence-corrected chi connectivity index (χ0v) is 17.0. The van der Waals surface area contributed by atoms with Gasteiger partial charge in [0.05, 0.1) is 12.6 Å². The first kappa shape index (κ1) is 19.7. The Hall–Kier alpha value is -2.57. The van der Waals surface area contributed by atoms with Crippen LogP contribution >= 0.6 is 0 Å². The monoisotopic (exact) mass is 398 g/mol. The molecular formula is C22H30N4O3. The number of nitrogens with zero attached hydrogens (tertiary/aromatic N) is 2. The Balaban J connectivity index is 1.56. The molecule has 3 atom stereocenters. The van der Waals surface area contributed by atoms with Gasteiger partial charge < -0.3 is 20.9 Å². The molecule has 1 saturated carbocycles. The second kappa shape index (κ2) is 8.05. The second-order valence-electron chi connectivity index (χ2n) is 8.71. The van der Waals surface area contributed by atoms with Crippen LogP contribution in [-0.4, -0.2) is 53.8 Å². The van der Waals surface area contributed by atoms with Gasteiger partial charge in [-0.15, -0.1) is 0 Å². The molecule has 3 aliphatic rings. The summed E-state index contributed by atoms with van der Waals surface area (Å²) in [6.45, 7) is 3.95. The molecule has 0 spiro atoms. The first-order valence-electron chi connectivity index (χ1n) is 10.6. The predicted octanol–water partition coefficient (Wildman–Crippen LogP) is 1.81. The summed E-state index contributed by atoms with van der Waals surface area (Å²) in [6.07, 6.45) is 4.27. The highest BCUT2D eigenvalue weighted by molar-refractivity contribution is 5.84. The first-order chi connectivity index (χ1) is 14.0. The maximum Gasteiger partial charge on any atom is 0.312 e. The van der Waals surface area contributed by atoms with E-state index < -0.39 is 6.03 Å². The maximum atomic E-state index is 13.4. The van der Waals surface area contributed by atoms with E-state index in [1.54, 1.807) is 0 Å². The summed E-state index contributed by atoms with van der Waals surface area (Å²) in [4.78, 5) is 40.7. The SMILES string of the molecule is Cc1ccccc1[C@@H]1[C@H]2CN(C(=O)CNC(N)=O)C[C@H]2CN1C(=O)C1CCCC1. The van der Waals surface area contributed by atoms with Gasteiger partial charge in [0.1, 0.15) is 0 Å². The number of rotatable bonds is 4. The molecule has 3 fully saturated rings. The average molecular weight is 399 g/mol. The number of likely N-dealkylation sites (tertiary alicyclic amines) is 2. The Bertz CT molecular complexity index is 805. The minimum absolute atomic E-state index is 0.0104. The number of nitrogens with two attached hydrogens (primary N) is 1. The first-order valence-corrected chi connectivity index (χ1v) is 10.6. The Morgan fingerprint density at radius 3 is 2.52 bits per heavy atom. The lowest BCUT2D eigenvalue weighted by Crippen LogP contribution is -2.43. The summed E-state index contributed by atoms with van der Waals surface area (Å²) in [6, 6.07) is 7.59. The highest BCUT2D eigenvalue weighted by Crippen LogP contribution is 2.47. The van der Waals surface area contributed by atoms with Gasteiger partial charge in [-0.05, 0) is 30.9 Å². The number of benzene rings is 1. The standard InChI is InChI=1S/C22H30N4O3/c1-14-6-2-5-9-17(14)20-18-13-25(19(27)10-24-22(23)29)11-16(18)12-26(20)21(28)15-7-3-4-8-15/h2,5-6,9,15-16,18,20H,3-4,7-8,10-13H2,1H3,(H3,23,24,29)/t16-,18-,20+/m0/s1. The fourth-order valence-corrected chi connectivity index (χ4v) is 5.47. The molecule has 1 aliphatic carbocycles. The van der Waals surface area contributed by atoms with Gasteiger partial charge >= 0.3 is 6.03 Å². The number of hydrogen-bond donors (Lipinski definition) is 2. The molecular weight excluding hydrogens is 368 g/mol. The zero-order chi connectivity index (χ0) is 20.5. The van der Waals surface area contributed by atoms with Crippen LogP contribution in [0.1, 0.15) is 42.9 Å². The molecule has 1 aromatic carbocycles. The molecule has 0 aromatic heterocycles. The summed E-state index contributed by atoms with van der Waals surface area (Å²) in [5, 5.41) is 2.39. The van der Waals surface area contributed by atoms with E-state index in [0.717, 1.165) is 25.7 Å². The number of nitrogens with one attached hydrogen (secondary N) is 1. The molecule has 1 aromatic rings. The van der Waals surface area contributed by atoms with Gasteiger partial charge in [-0.3, -0.25) is 9.59 Å². The molecule has 0 bridgehead atoms. The number of urea groups is 1. The number of amides is 4. The third-order valence-corrected chi connectivity index (χ3v) is 6.93. The summed E-state index contributed by atoms with van der Waals surface area (Å²) >= 11 is 0. The van der Waals surface area contributed by atoms with Crippen molar-refractivity contribution in [3.05, 3.63) is 35.4 Å². The van der Waals surface area contributed by atoms with Crippen molar-refractivity contribution >= 4 is 17.8 Å². The summed E-state index contributed by atoms with van der Waals surface area (Å²) in [5.41, 5.74) is 7.47. The number of hydrogen-bond acceptors (Lipinski definition) is 3. The van der Waals surface area contributed by atoms with Crippen molar-refractivity contribution in [2.75, 3.05) is 26.2 Å². The topological polar surface area (TPSA) is 95.7 Å². The average Bonchev–Trinajstić information content (AvgIpc) is 3.42. The molecule has 0 radical (unpaired) electrons. The number of aryl methyl sites for hydroxylation is 1. The highest BCUT2D eigenvalue weighted by atomic mass is 16.2. The zero-order valence-electron chi connectivity index (χ0n) is 17.0. The van der Waals surface area contributed by atoms with Gasteiger partial charge in [-0.25, -0.2) is 4.79 Å². The van der Waals surface area contributed by atoms with Crippen LogP contribution in [0.4, 0.5) is 4.79 Å². The largest absolute Gasteiger partial charge is 0.352 e. The molecule has 4 amide bonds. The Morgan fingerprint density at radius 1 is 1.10 bits per heavy atom. The lowest BCUT2D eigenvalue weighted by molar-refractivity contribution is -0.137.